The highest BCUT2D eigenvalue weighted by molar-refractivity contribution is 5.53. The van der Waals surface area contributed by atoms with E-state index in [0.29, 0.717) is 5.69 Å². The van der Waals surface area contributed by atoms with Crippen molar-refractivity contribution in [2.75, 3.05) is 39.0 Å². The number of nitrogens with two attached hydrogens (primary N) is 1. The van der Waals surface area contributed by atoms with Crippen molar-refractivity contribution in [1.82, 2.24) is 9.80 Å². The van der Waals surface area contributed by atoms with E-state index < -0.39 is 0 Å². The lowest BCUT2D eigenvalue weighted by Gasteiger charge is -2.42. The molecular weight excluding hydrogens is 250 g/mol. The lowest BCUT2D eigenvalue weighted by molar-refractivity contribution is 0.0591. The number of nitrogen functional groups attached to an aromatic ring is 1. The van der Waals surface area contributed by atoms with Gasteiger partial charge in [0.1, 0.15) is 5.75 Å². The molecule has 2 rings (SSSR count). The molecule has 20 heavy (non-hydrogen) atoms. The number of rotatable bonds is 3. The highest BCUT2D eigenvalue weighted by Gasteiger charge is 2.25. The Hall–Kier alpha value is -1.26. The van der Waals surface area contributed by atoms with Crippen LogP contribution in [0.4, 0.5) is 5.69 Å². The summed E-state index contributed by atoms with van der Waals surface area (Å²) in [5.74, 6) is 0.774. The number of ether oxygens (including phenoxy) is 1. The number of anilines is 1. The number of hydrogen-bond acceptors (Lipinski definition) is 4. The second kappa shape index (κ2) is 6.02. The van der Waals surface area contributed by atoms with Gasteiger partial charge in [0.25, 0.3) is 0 Å². The molecular formula is C16H27N3O. The molecule has 0 radical (unpaired) electrons. The third kappa shape index (κ3) is 3.64. The normalized spacial score (nSPS) is 18.2. The lowest BCUT2D eigenvalue weighted by Crippen LogP contribution is -2.53. The summed E-state index contributed by atoms with van der Waals surface area (Å²) in [5.41, 5.74) is 8.09. The Morgan fingerprint density at radius 3 is 2.35 bits per heavy atom. The van der Waals surface area contributed by atoms with E-state index in [1.165, 1.54) is 5.56 Å². The molecule has 1 aliphatic heterocycles. The molecule has 0 spiro atoms. The van der Waals surface area contributed by atoms with Crippen LogP contribution in [0.2, 0.25) is 0 Å². The van der Waals surface area contributed by atoms with Crippen molar-refractivity contribution in [3.63, 3.8) is 0 Å². The molecule has 0 aliphatic carbocycles. The van der Waals surface area contributed by atoms with Gasteiger partial charge in [0.05, 0.1) is 12.8 Å². The van der Waals surface area contributed by atoms with Crippen LogP contribution >= 0.6 is 0 Å². The van der Waals surface area contributed by atoms with Crippen molar-refractivity contribution in [2.24, 2.45) is 0 Å². The summed E-state index contributed by atoms with van der Waals surface area (Å²) in [6.45, 7) is 12.3. The number of benzene rings is 1. The molecule has 0 aromatic heterocycles. The van der Waals surface area contributed by atoms with E-state index in [1.54, 1.807) is 7.11 Å². The van der Waals surface area contributed by atoms with Gasteiger partial charge >= 0.3 is 0 Å². The van der Waals surface area contributed by atoms with Crippen LogP contribution in [0.3, 0.4) is 0 Å². The van der Waals surface area contributed by atoms with Crippen molar-refractivity contribution >= 4 is 5.69 Å². The molecule has 1 aromatic rings. The molecule has 1 aromatic carbocycles. The molecule has 112 valence electrons. The van der Waals surface area contributed by atoms with Crippen LogP contribution in [0.5, 0.6) is 5.75 Å². The van der Waals surface area contributed by atoms with E-state index >= 15 is 0 Å². The largest absolute Gasteiger partial charge is 0.495 e. The van der Waals surface area contributed by atoms with Crippen molar-refractivity contribution in [3.8, 4) is 5.75 Å². The van der Waals surface area contributed by atoms with Gasteiger partial charge in [-0.1, -0.05) is 6.07 Å². The van der Waals surface area contributed by atoms with Crippen LogP contribution < -0.4 is 10.5 Å². The van der Waals surface area contributed by atoms with E-state index in [1.807, 2.05) is 12.1 Å². The van der Waals surface area contributed by atoms with Crippen molar-refractivity contribution in [3.05, 3.63) is 23.8 Å². The second-order valence-corrected chi connectivity index (χ2v) is 6.51. The van der Waals surface area contributed by atoms with Crippen molar-refractivity contribution < 1.29 is 4.74 Å². The molecule has 4 nitrogen and oxygen atoms in total. The van der Waals surface area contributed by atoms with Gasteiger partial charge in [-0.15, -0.1) is 0 Å². The van der Waals surface area contributed by atoms with Gasteiger partial charge in [0.15, 0.2) is 0 Å². The molecule has 0 unspecified atom stereocenters. The van der Waals surface area contributed by atoms with Gasteiger partial charge in [-0.3, -0.25) is 9.80 Å². The molecule has 0 atom stereocenters. The number of methoxy groups -OCH3 is 1. The average Bonchev–Trinajstić information content (AvgIpc) is 2.40. The highest BCUT2D eigenvalue weighted by atomic mass is 16.5. The Labute approximate surface area is 122 Å². The quantitative estimate of drug-likeness (QED) is 0.860. The number of piperazine rings is 1. The van der Waals surface area contributed by atoms with Gasteiger partial charge in [0, 0.05) is 38.3 Å². The Morgan fingerprint density at radius 2 is 1.80 bits per heavy atom. The zero-order valence-electron chi connectivity index (χ0n) is 13.1. The minimum absolute atomic E-state index is 0.274. The van der Waals surface area contributed by atoms with Gasteiger partial charge in [-0.25, -0.2) is 0 Å². The zero-order chi connectivity index (χ0) is 14.8. The molecule has 1 saturated heterocycles. The second-order valence-electron chi connectivity index (χ2n) is 6.51. The highest BCUT2D eigenvalue weighted by Crippen LogP contribution is 2.23. The summed E-state index contributed by atoms with van der Waals surface area (Å²) in [4.78, 5) is 5.04. The Morgan fingerprint density at radius 1 is 1.15 bits per heavy atom. The monoisotopic (exact) mass is 277 g/mol. The Bertz CT molecular complexity index is 446. The fraction of sp³-hybridized carbons (Fsp3) is 0.625. The van der Waals surface area contributed by atoms with Crippen molar-refractivity contribution in [2.45, 2.75) is 32.9 Å². The molecule has 0 bridgehead atoms. The van der Waals surface area contributed by atoms with Crippen LogP contribution in [-0.2, 0) is 6.54 Å². The summed E-state index contributed by atoms with van der Waals surface area (Å²) in [6, 6.07) is 6.07. The summed E-state index contributed by atoms with van der Waals surface area (Å²) in [7, 11) is 1.66. The van der Waals surface area contributed by atoms with Gasteiger partial charge < -0.3 is 10.5 Å². The molecule has 4 heteroatoms. The van der Waals surface area contributed by atoms with Crippen LogP contribution in [0.15, 0.2) is 18.2 Å². The maximum Gasteiger partial charge on any atom is 0.142 e. The summed E-state index contributed by atoms with van der Waals surface area (Å²) in [6.07, 6.45) is 0. The summed E-state index contributed by atoms with van der Waals surface area (Å²) in [5, 5.41) is 0. The number of hydrogen-bond donors (Lipinski definition) is 1. The minimum Gasteiger partial charge on any atom is -0.495 e. The van der Waals surface area contributed by atoms with Gasteiger partial charge in [-0.2, -0.15) is 0 Å². The SMILES string of the molecule is COc1cc(CN2CCN(C(C)(C)C)CC2)ccc1N. The topological polar surface area (TPSA) is 41.7 Å². The first-order valence-electron chi connectivity index (χ1n) is 7.30. The molecule has 0 saturated carbocycles. The molecule has 0 amide bonds. The van der Waals surface area contributed by atoms with Crippen LogP contribution in [0.25, 0.3) is 0 Å². The van der Waals surface area contributed by atoms with Crippen molar-refractivity contribution in [1.29, 1.82) is 0 Å². The molecule has 1 heterocycles. The standard InChI is InChI=1S/C16H27N3O/c1-16(2,3)19-9-7-18(8-10-19)12-13-5-6-14(17)15(11-13)20-4/h5-6,11H,7-10,12,17H2,1-4H3. The fourth-order valence-corrected chi connectivity index (χ4v) is 2.69. The van der Waals surface area contributed by atoms with Gasteiger partial charge in [-0.05, 0) is 38.5 Å². The summed E-state index contributed by atoms with van der Waals surface area (Å²) >= 11 is 0. The minimum atomic E-state index is 0.274. The maximum atomic E-state index is 5.85. The Balaban J connectivity index is 1.93. The van der Waals surface area contributed by atoms with Crippen LogP contribution in [0, 0.1) is 0 Å². The zero-order valence-corrected chi connectivity index (χ0v) is 13.1. The van der Waals surface area contributed by atoms with Gasteiger partial charge in [0.2, 0.25) is 0 Å². The molecule has 1 fully saturated rings. The van der Waals surface area contributed by atoms with Crippen LogP contribution in [0.1, 0.15) is 26.3 Å². The smallest absolute Gasteiger partial charge is 0.142 e. The number of nitrogens with zero attached hydrogens (tertiary/aromatic N) is 2. The Kier molecular flexibility index (Phi) is 4.55. The average molecular weight is 277 g/mol. The third-order valence-corrected chi connectivity index (χ3v) is 4.03. The van der Waals surface area contributed by atoms with E-state index in [9.17, 15) is 0 Å². The maximum absolute atomic E-state index is 5.85. The first kappa shape index (κ1) is 15.1. The van der Waals surface area contributed by atoms with Crippen LogP contribution in [-0.4, -0.2) is 48.6 Å². The summed E-state index contributed by atoms with van der Waals surface area (Å²) < 4.78 is 5.28. The van der Waals surface area contributed by atoms with E-state index in [-0.39, 0.29) is 5.54 Å². The van der Waals surface area contributed by atoms with E-state index in [2.05, 4.69) is 36.6 Å². The van der Waals surface area contributed by atoms with E-state index in [4.69, 9.17) is 10.5 Å². The lowest BCUT2D eigenvalue weighted by atomic mass is 10.0. The molecule has 1 aliphatic rings. The molecule has 2 N–H and O–H groups in total. The third-order valence-electron chi connectivity index (χ3n) is 4.03. The fourth-order valence-electron chi connectivity index (χ4n) is 2.69. The van der Waals surface area contributed by atoms with E-state index in [0.717, 1.165) is 38.5 Å². The predicted octanol–water partition coefficient (Wildman–Crippen LogP) is 2.19. The first-order chi connectivity index (χ1) is 9.40. The first-order valence-corrected chi connectivity index (χ1v) is 7.30. The predicted molar refractivity (Wildman–Crippen MR) is 84.0 cm³/mol.